The second kappa shape index (κ2) is 8.08. The van der Waals surface area contributed by atoms with Crippen LogP contribution in [0.1, 0.15) is 60.3 Å². The summed E-state index contributed by atoms with van der Waals surface area (Å²) in [6.07, 6.45) is 5.31. The van der Waals surface area contributed by atoms with Gasteiger partial charge in [0.1, 0.15) is 0 Å². The van der Waals surface area contributed by atoms with Crippen LogP contribution < -0.4 is 5.32 Å². The van der Waals surface area contributed by atoms with Crippen molar-refractivity contribution >= 4 is 0 Å². The predicted molar refractivity (Wildman–Crippen MR) is 71.9 cm³/mol. The highest BCUT2D eigenvalue weighted by Gasteiger charge is 2.15. The molecule has 0 radical (unpaired) electrons. The van der Waals surface area contributed by atoms with Crippen molar-refractivity contribution in [3.05, 3.63) is 0 Å². The van der Waals surface area contributed by atoms with Crippen molar-refractivity contribution < 1.29 is 4.74 Å². The highest BCUT2D eigenvalue weighted by atomic mass is 16.5. The third-order valence-corrected chi connectivity index (χ3v) is 3.06. The molecule has 0 aromatic rings. The summed E-state index contributed by atoms with van der Waals surface area (Å²) in [6.45, 7) is 12.3. The van der Waals surface area contributed by atoms with Gasteiger partial charge in [-0.15, -0.1) is 0 Å². The van der Waals surface area contributed by atoms with Crippen LogP contribution in [-0.2, 0) is 4.74 Å². The molecule has 0 rings (SSSR count). The minimum atomic E-state index is 0.385. The molecule has 0 aliphatic heterocycles. The van der Waals surface area contributed by atoms with E-state index >= 15 is 0 Å². The first-order chi connectivity index (χ1) is 7.39. The Morgan fingerprint density at radius 1 is 1.12 bits per heavy atom. The van der Waals surface area contributed by atoms with E-state index in [0.717, 1.165) is 13.0 Å². The smallest absolute Gasteiger partial charge is 0.0543 e. The highest BCUT2D eigenvalue weighted by molar-refractivity contribution is 4.72. The summed E-state index contributed by atoms with van der Waals surface area (Å²) >= 11 is 0. The van der Waals surface area contributed by atoms with Crippen molar-refractivity contribution in [2.24, 2.45) is 5.41 Å². The van der Waals surface area contributed by atoms with E-state index in [1.165, 1.54) is 19.3 Å². The van der Waals surface area contributed by atoms with Gasteiger partial charge in [-0.2, -0.15) is 0 Å². The molecular formula is C14H31NO. The van der Waals surface area contributed by atoms with E-state index in [1.54, 1.807) is 7.11 Å². The third kappa shape index (κ3) is 9.17. The van der Waals surface area contributed by atoms with E-state index in [1.807, 2.05) is 0 Å². The average molecular weight is 229 g/mol. The first kappa shape index (κ1) is 15.9. The fourth-order valence-corrected chi connectivity index (χ4v) is 1.80. The molecule has 2 heteroatoms. The van der Waals surface area contributed by atoms with Crippen LogP contribution in [0, 0.1) is 5.41 Å². The highest BCUT2D eigenvalue weighted by Crippen LogP contribution is 2.23. The van der Waals surface area contributed by atoms with Crippen molar-refractivity contribution in [1.82, 2.24) is 5.32 Å². The molecule has 0 saturated carbocycles. The van der Waals surface area contributed by atoms with Gasteiger partial charge in [-0.3, -0.25) is 0 Å². The molecule has 0 spiro atoms. The van der Waals surface area contributed by atoms with Gasteiger partial charge in [0.05, 0.1) is 6.10 Å². The maximum Gasteiger partial charge on any atom is 0.0543 e. The van der Waals surface area contributed by atoms with E-state index in [2.05, 4.69) is 39.9 Å². The van der Waals surface area contributed by atoms with Gasteiger partial charge < -0.3 is 10.1 Å². The molecule has 0 heterocycles. The van der Waals surface area contributed by atoms with Crippen LogP contribution >= 0.6 is 0 Å². The lowest BCUT2D eigenvalue weighted by atomic mass is 9.87. The maximum absolute atomic E-state index is 5.30. The van der Waals surface area contributed by atoms with Crippen LogP contribution in [0.15, 0.2) is 0 Å². The quantitative estimate of drug-likeness (QED) is 0.686. The largest absolute Gasteiger partial charge is 0.382 e. The Hall–Kier alpha value is -0.0800. The van der Waals surface area contributed by atoms with Gasteiger partial charge in [0, 0.05) is 13.2 Å². The Balaban J connectivity index is 3.88. The van der Waals surface area contributed by atoms with Crippen LogP contribution in [0.3, 0.4) is 0 Å². The normalized spacial score (nSPS) is 16.1. The molecule has 2 nitrogen and oxygen atoms in total. The zero-order valence-corrected chi connectivity index (χ0v) is 12.1. The number of rotatable bonds is 8. The van der Waals surface area contributed by atoms with Crippen LogP contribution in [0.5, 0.6) is 0 Å². The second-order valence-electron chi connectivity index (χ2n) is 5.98. The maximum atomic E-state index is 5.30. The molecule has 1 N–H and O–H groups in total. The second-order valence-corrected chi connectivity index (χ2v) is 5.98. The van der Waals surface area contributed by atoms with Crippen LogP contribution in [-0.4, -0.2) is 25.8 Å². The van der Waals surface area contributed by atoms with E-state index in [9.17, 15) is 0 Å². The molecule has 0 aromatic heterocycles. The number of methoxy groups -OCH3 is 1. The standard InChI is InChI=1S/C14H31NO/c1-7-15-13(9-8-12(2)16-6)10-11-14(3,4)5/h12-13,15H,7-11H2,1-6H3. The number of ether oxygens (including phenoxy) is 1. The van der Waals surface area contributed by atoms with Gasteiger partial charge in [0.2, 0.25) is 0 Å². The Kier molecular flexibility index (Phi) is 8.04. The molecular weight excluding hydrogens is 198 g/mol. The first-order valence-corrected chi connectivity index (χ1v) is 6.65. The topological polar surface area (TPSA) is 21.3 Å². The fourth-order valence-electron chi connectivity index (χ4n) is 1.80. The molecule has 16 heavy (non-hydrogen) atoms. The molecule has 2 unspecified atom stereocenters. The van der Waals surface area contributed by atoms with Crippen molar-refractivity contribution in [3.8, 4) is 0 Å². The number of nitrogens with one attached hydrogen (secondary N) is 1. The molecule has 0 aromatic carbocycles. The predicted octanol–water partition coefficient (Wildman–Crippen LogP) is 3.61. The fraction of sp³-hybridized carbons (Fsp3) is 1.00. The van der Waals surface area contributed by atoms with E-state index in [4.69, 9.17) is 4.74 Å². The number of hydrogen-bond acceptors (Lipinski definition) is 2. The lowest BCUT2D eigenvalue weighted by Crippen LogP contribution is -2.31. The van der Waals surface area contributed by atoms with Crippen molar-refractivity contribution in [3.63, 3.8) is 0 Å². The Labute approximate surface area is 102 Å². The molecule has 0 saturated heterocycles. The third-order valence-electron chi connectivity index (χ3n) is 3.06. The molecule has 0 amide bonds. The first-order valence-electron chi connectivity index (χ1n) is 6.65. The minimum absolute atomic E-state index is 0.385. The molecule has 98 valence electrons. The summed E-state index contributed by atoms with van der Waals surface area (Å²) in [7, 11) is 1.79. The van der Waals surface area contributed by atoms with Crippen LogP contribution in [0.2, 0.25) is 0 Å². The monoisotopic (exact) mass is 229 g/mol. The van der Waals surface area contributed by atoms with Gasteiger partial charge in [-0.1, -0.05) is 27.7 Å². The molecule has 2 atom stereocenters. The summed E-state index contributed by atoms with van der Waals surface area (Å²) in [5.41, 5.74) is 0.445. The Bertz CT molecular complexity index is 163. The number of hydrogen-bond donors (Lipinski definition) is 1. The van der Waals surface area contributed by atoms with Crippen molar-refractivity contribution in [1.29, 1.82) is 0 Å². The van der Waals surface area contributed by atoms with Crippen LogP contribution in [0.4, 0.5) is 0 Å². The lowest BCUT2D eigenvalue weighted by Gasteiger charge is -2.24. The van der Waals surface area contributed by atoms with Gasteiger partial charge in [-0.05, 0) is 44.6 Å². The minimum Gasteiger partial charge on any atom is -0.382 e. The van der Waals surface area contributed by atoms with Gasteiger partial charge in [0.25, 0.3) is 0 Å². The lowest BCUT2D eigenvalue weighted by molar-refractivity contribution is 0.105. The molecule has 0 bridgehead atoms. The summed E-state index contributed by atoms with van der Waals surface area (Å²) in [6, 6.07) is 0.654. The van der Waals surface area contributed by atoms with E-state index < -0.39 is 0 Å². The Morgan fingerprint density at radius 2 is 1.75 bits per heavy atom. The Morgan fingerprint density at radius 3 is 2.19 bits per heavy atom. The molecule has 0 aliphatic rings. The van der Waals surface area contributed by atoms with Crippen molar-refractivity contribution in [2.75, 3.05) is 13.7 Å². The van der Waals surface area contributed by atoms with Gasteiger partial charge in [0.15, 0.2) is 0 Å². The summed E-state index contributed by atoms with van der Waals surface area (Å²) in [5, 5.41) is 3.58. The zero-order chi connectivity index (χ0) is 12.6. The summed E-state index contributed by atoms with van der Waals surface area (Å²) in [4.78, 5) is 0. The summed E-state index contributed by atoms with van der Waals surface area (Å²) < 4.78 is 5.30. The van der Waals surface area contributed by atoms with Gasteiger partial charge in [-0.25, -0.2) is 0 Å². The average Bonchev–Trinajstić information content (AvgIpc) is 2.20. The van der Waals surface area contributed by atoms with E-state index in [0.29, 0.717) is 17.6 Å². The molecule has 0 aliphatic carbocycles. The zero-order valence-electron chi connectivity index (χ0n) is 12.1. The summed E-state index contributed by atoms with van der Waals surface area (Å²) in [5.74, 6) is 0. The van der Waals surface area contributed by atoms with E-state index in [-0.39, 0.29) is 0 Å². The van der Waals surface area contributed by atoms with Crippen molar-refractivity contribution in [2.45, 2.75) is 72.4 Å². The molecule has 0 fully saturated rings. The SMILES string of the molecule is CCNC(CCC(C)OC)CCC(C)(C)C. The van der Waals surface area contributed by atoms with Gasteiger partial charge >= 0.3 is 0 Å². The van der Waals surface area contributed by atoms with Crippen LogP contribution in [0.25, 0.3) is 0 Å².